The molecule has 2 N–H and O–H groups in total. The quantitative estimate of drug-likeness (QED) is 0.840. The van der Waals surface area contributed by atoms with Gasteiger partial charge in [0.2, 0.25) is 0 Å². The van der Waals surface area contributed by atoms with Crippen molar-refractivity contribution in [1.82, 2.24) is 10.3 Å². The van der Waals surface area contributed by atoms with Crippen molar-refractivity contribution in [2.24, 2.45) is 5.92 Å². The Kier molecular flexibility index (Phi) is 2.97. The normalized spacial score (nSPS) is 32.1. The van der Waals surface area contributed by atoms with E-state index in [1.807, 2.05) is 6.20 Å². The largest absolute Gasteiger partial charge is 0.379 e. The van der Waals surface area contributed by atoms with Crippen LogP contribution < -0.4 is 5.32 Å². The third-order valence-electron chi connectivity index (χ3n) is 4.77. The van der Waals surface area contributed by atoms with Crippen molar-refractivity contribution in [3.63, 3.8) is 0 Å². The highest BCUT2D eigenvalue weighted by Gasteiger charge is 2.48. The molecule has 1 saturated heterocycles. The maximum atomic E-state index is 5.53. The van der Waals surface area contributed by atoms with Gasteiger partial charge in [0.15, 0.2) is 0 Å². The van der Waals surface area contributed by atoms with Crippen LogP contribution in [0.1, 0.15) is 31.4 Å². The molecule has 0 amide bonds. The van der Waals surface area contributed by atoms with Crippen molar-refractivity contribution in [3.05, 3.63) is 24.0 Å². The molecule has 1 aromatic rings. The van der Waals surface area contributed by atoms with E-state index >= 15 is 0 Å². The van der Waals surface area contributed by atoms with Gasteiger partial charge in [0.25, 0.3) is 0 Å². The van der Waals surface area contributed by atoms with Gasteiger partial charge in [-0.25, -0.2) is 0 Å². The topological polar surface area (TPSA) is 37.0 Å². The first-order chi connectivity index (χ1) is 8.35. The fourth-order valence-electron chi connectivity index (χ4n) is 3.51. The summed E-state index contributed by atoms with van der Waals surface area (Å²) in [5.41, 5.74) is 1.68. The monoisotopic (exact) mass is 234 g/mol. The van der Waals surface area contributed by atoms with Crippen molar-refractivity contribution >= 4 is 0 Å². The number of aromatic nitrogens is 1. The number of nitrogens with one attached hydrogen (secondary N) is 2. The number of H-pyrrole nitrogens is 1. The Balaban J connectivity index is 1.74. The molecule has 0 spiro atoms. The Morgan fingerprint density at radius 3 is 2.53 bits per heavy atom. The van der Waals surface area contributed by atoms with Crippen molar-refractivity contribution in [2.45, 2.75) is 37.1 Å². The predicted molar refractivity (Wildman–Crippen MR) is 68.1 cm³/mol. The highest BCUT2D eigenvalue weighted by atomic mass is 16.5. The lowest BCUT2D eigenvalue weighted by atomic mass is 9.65. The van der Waals surface area contributed by atoms with E-state index in [0.29, 0.717) is 5.41 Å². The van der Waals surface area contributed by atoms with Crippen LogP contribution in [0.15, 0.2) is 18.3 Å². The molecular weight excluding hydrogens is 212 g/mol. The third-order valence-corrected chi connectivity index (χ3v) is 4.77. The zero-order valence-electron chi connectivity index (χ0n) is 10.5. The summed E-state index contributed by atoms with van der Waals surface area (Å²) < 4.78 is 5.53. The van der Waals surface area contributed by atoms with Crippen molar-refractivity contribution in [3.8, 4) is 0 Å². The maximum absolute atomic E-state index is 5.53. The van der Waals surface area contributed by atoms with E-state index in [4.69, 9.17) is 4.74 Å². The van der Waals surface area contributed by atoms with E-state index in [1.54, 1.807) is 0 Å². The molecular formula is C14H22N2O. The molecule has 94 valence electrons. The van der Waals surface area contributed by atoms with E-state index in [9.17, 15) is 0 Å². The van der Waals surface area contributed by atoms with Gasteiger partial charge < -0.3 is 15.0 Å². The smallest absolute Gasteiger partial charge is 0.0602 e. The summed E-state index contributed by atoms with van der Waals surface area (Å²) in [6.07, 6.45) is 7.31. The zero-order valence-corrected chi connectivity index (χ0v) is 10.5. The minimum absolute atomic E-state index is 0.294. The molecule has 1 aliphatic heterocycles. The molecule has 17 heavy (non-hydrogen) atoms. The number of rotatable bonds is 3. The average Bonchev–Trinajstić information content (AvgIpc) is 2.83. The molecule has 3 nitrogen and oxygen atoms in total. The van der Waals surface area contributed by atoms with Gasteiger partial charge in [0.05, 0.1) is 18.6 Å². The first kappa shape index (κ1) is 11.3. The van der Waals surface area contributed by atoms with Crippen LogP contribution in [0, 0.1) is 5.92 Å². The first-order valence-electron chi connectivity index (χ1n) is 6.74. The Morgan fingerprint density at radius 2 is 2.06 bits per heavy atom. The van der Waals surface area contributed by atoms with Crippen LogP contribution in [0.3, 0.4) is 0 Å². The molecule has 0 bridgehead atoms. The van der Waals surface area contributed by atoms with Crippen LogP contribution in [-0.2, 0) is 10.2 Å². The highest BCUT2D eigenvalue weighted by Crippen LogP contribution is 2.45. The van der Waals surface area contributed by atoms with Gasteiger partial charge in [-0.2, -0.15) is 0 Å². The molecule has 0 aromatic carbocycles. The van der Waals surface area contributed by atoms with Crippen LogP contribution in [0.4, 0.5) is 0 Å². The molecule has 2 heterocycles. The Hall–Kier alpha value is -0.800. The maximum Gasteiger partial charge on any atom is 0.0602 e. The van der Waals surface area contributed by atoms with Gasteiger partial charge in [0.1, 0.15) is 0 Å². The van der Waals surface area contributed by atoms with E-state index in [1.165, 1.54) is 31.4 Å². The van der Waals surface area contributed by atoms with E-state index in [0.717, 1.165) is 25.2 Å². The van der Waals surface area contributed by atoms with E-state index < -0.39 is 0 Å². The molecule has 3 heteroatoms. The summed E-state index contributed by atoms with van der Waals surface area (Å²) >= 11 is 0. The number of ether oxygens (including phenoxy) is 1. The standard InChI is InChI=1S/C14H22N2O/c1-15-12-6-4-11(5-7-12)14(9-17-10-14)13-3-2-8-16-13/h2-3,8,11-12,15-16H,4-7,9-10H2,1H3. The summed E-state index contributed by atoms with van der Waals surface area (Å²) in [5, 5.41) is 3.41. The first-order valence-corrected chi connectivity index (χ1v) is 6.74. The summed E-state index contributed by atoms with van der Waals surface area (Å²) in [5.74, 6) is 0.791. The van der Waals surface area contributed by atoms with Crippen LogP contribution >= 0.6 is 0 Å². The minimum atomic E-state index is 0.294. The molecule has 3 rings (SSSR count). The van der Waals surface area contributed by atoms with Gasteiger partial charge in [-0.3, -0.25) is 0 Å². The van der Waals surface area contributed by atoms with Crippen molar-refractivity contribution in [2.75, 3.05) is 20.3 Å². The molecule has 0 radical (unpaired) electrons. The molecule has 1 aromatic heterocycles. The summed E-state index contributed by atoms with van der Waals surface area (Å²) in [7, 11) is 2.08. The second-order valence-electron chi connectivity index (χ2n) is 5.57. The van der Waals surface area contributed by atoms with Crippen molar-refractivity contribution < 1.29 is 4.74 Å². The fourth-order valence-corrected chi connectivity index (χ4v) is 3.51. The van der Waals surface area contributed by atoms with Crippen molar-refractivity contribution in [1.29, 1.82) is 0 Å². The second kappa shape index (κ2) is 4.46. The van der Waals surface area contributed by atoms with Gasteiger partial charge in [-0.1, -0.05) is 0 Å². The van der Waals surface area contributed by atoms with Crippen LogP contribution in [-0.4, -0.2) is 31.3 Å². The summed E-state index contributed by atoms with van der Waals surface area (Å²) in [4.78, 5) is 3.41. The molecule has 2 fully saturated rings. The Bertz CT molecular complexity index is 348. The minimum Gasteiger partial charge on any atom is -0.379 e. The lowest BCUT2D eigenvalue weighted by Gasteiger charge is -2.49. The summed E-state index contributed by atoms with van der Waals surface area (Å²) in [6, 6.07) is 5.06. The fraction of sp³-hybridized carbons (Fsp3) is 0.714. The molecule has 1 saturated carbocycles. The van der Waals surface area contributed by atoms with Gasteiger partial charge in [0, 0.05) is 17.9 Å². The molecule has 0 atom stereocenters. The van der Waals surface area contributed by atoms with Crippen LogP contribution in [0.5, 0.6) is 0 Å². The van der Waals surface area contributed by atoms with E-state index in [2.05, 4.69) is 29.5 Å². The van der Waals surface area contributed by atoms with Gasteiger partial charge >= 0.3 is 0 Å². The van der Waals surface area contributed by atoms with Crippen LogP contribution in [0.2, 0.25) is 0 Å². The molecule has 0 unspecified atom stereocenters. The summed E-state index contributed by atoms with van der Waals surface area (Å²) in [6.45, 7) is 1.81. The third kappa shape index (κ3) is 1.81. The average molecular weight is 234 g/mol. The second-order valence-corrected chi connectivity index (χ2v) is 5.57. The SMILES string of the molecule is CNC1CCC(C2(c3ccc[nH]3)COC2)CC1. The zero-order chi connectivity index (χ0) is 11.7. The van der Waals surface area contributed by atoms with E-state index in [-0.39, 0.29) is 0 Å². The Morgan fingerprint density at radius 1 is 1.29 bits per heavy atom. The van der Waals surface area contributed by atoms with Gasteiger partial charge in [-0.15, -0.1) is 0 Å². The lowest BCUT2D eigenvalue weighted by molar-refractivity contribution is -0.101. The number of hydrogen-bond acceptors (Lipinski definition) is 2. The molecule has 1 aliphatic carbocycles. The number of aromatic amines is 1. The number of hydrogen-bond donors (Lipinski definition) is 2. The predicted octanol–water partition coefficient (Wildman–Crippen LogP) is 2.06. The van der Waals surface area contributed by atoms with Gasteiger partial charge in [-0.05, 0) is 50.8 Å². The highest BCUT2D eigenvalue weighted by molar-refractivity contribution is 5.23. The lowest BCUT2D eigenvalue weighted by Crippen LogP contribution is -2.54. The molecule has 2 aliphatic rings. The van der Waals surface area contributed by atoms with Crippen LogP contribution in [0.25, 0.3) is 0 Å². The Labute approximate surface area is 103 Å².